The molecule has 0 nitrogen and oxygen atoms in total. The van der Waals surface area contributed by atoms with E-state index >= 15 is 0 Å². The lowest BCUT2D eigenvalue weighted by molar-refractivity contribution is 1.14. The predicted molar refractivity (Wildman–Crippen MR) is 89.2 cm³/mol. The molecule has 0 amide bonds. The topological polar surface area (TPSA) is 0 Å². The van der Waals surface area contributed by atoms with E-state index in [0.717, 1.165) is 6.42 Å². The number of fused-ring (bicyclic) bond motifs is 1. The average Bonchev–Trinajstić information content (AvgIpc) is 2.53. The molecule has 0 N–H and O–H groups in total. The van der Waals surface area contributed by atoms with Crippen LogP contribution in [0.3, 0.4) is 0 Å². The molecule has 0 saturated heterocycles. The molecule has 0 aromatic heterocycles. The summed E-state index contributed by atoms with van der Waals surface area (Å²) < 4.78 is 0. The maximum Gasteiger partial charge on any atom is -0.0152 e. The van der Waals surface area contributed by atoms with Crippen molar-refractivity contribution in [2.24, 2.45) is 0 Å². The van der Waals surface area contributed by atoms with Crippen LogP contribution >= 0.6 is 0 Å². The summed E-state index contributed by atoms with van der Waals surface area (Å²) in [5, 5.41) is 2.75. The number of hydrogen-bond donors (Lipinski definition) is 0. The van der Waals surface area contributed by atoms with E-state index in [1.807, 2.05) is 6.07 Å². The summed E-state index contributed by atoms with van der Waals surface area (Å²) in [5.74, 6) is 0. The second-order valence-electron chi connectivity index (χ2n) is 5.08. The first-order valence-corrected chi connectivity index (χ1v) is 7.21. The van der Waals surface area contributed by atoms with Gasteiger partial charge in [0.05, 0.1) is 0 Å². The van der Waals surface area contributed by atoms with Crippen LogP contribution < -0.4 is 0 Å². The molecule has 0 bridgehead atoms. The highest BCUT2D eigenvalue weighted by atomic mass is 14.0. The van der Waals surface area contributed by atoms with Crippen LogP contribution in [0.2, 0.25) is 0 Å². The molecule has 0 fully saturated rings. The Morgan fingerprint density at radius 3 is 1.45 bits per heavy atom. The van der Waals surface area contributed by atoms with Crippen LogP contribution in [-0.4, -0.2) is 0 Å². The van der Waals surface area contributed by atoms with Crippen molar-refractivity contribution in [3.63, 3.8) is 0 Å². The van der Waals surface area contributed by atoms with Crippen molar-refractivity contribution in [1.82, 2.24) is 0 Å². The van der Waals surface area contributed by atoms with E-state index in [9.17, 15) is 0 Å². The van der Waals surface area contributed by atoms with Crippen LogP contribution in [0.1, 0.15) is 23.6 Å². The number of rotatable bonds is 1. The molecule has 3 aromatic carbocycles. The van der Waals surface area contributed by atoms with Gasteiger partial charge in [-0.3, -0.25) is 0 Å². The van der Waals surface area contributed by atoms with E-state index in [1.165, 1.54) is 27.5 Å². The van der Waals surface area contributed by atoms with Gasteiger partial charge in [-0.25, -0.2) is 0 Å². The zero-order chi connectivity index (χ0) is 14.4. The molecular weight excluding hydrogens is 240 g/mol. The summed E-state index contributed by atoms with van der Waals surface area (Å²) in [5.41, 5.74) is 4.12. The van der Waals surface area contributed by atoms with Crippen molar-refractivity contribution in [1.29, 1.82) is 0 Å². The second-order valence-corrected chi connectivity index (χ2v) is 5.08. The van der Waals surface area contributed by atoms with Gasteiger partial charge in [0.15, 0.2) is 0 Å². The minimum Gasteiger partial charge on any atom is -0.0622 e. The fourth-order valence-corrected chi connectivity index (χ4v) is 2.31. The van der Waals surface area contributed by atoms with Crippen LogP contribution in [0.25, 0.3) is 10.8 Å². The molecule has 0 unspecified atom stereocenters. The zero-order valence-electron chi connectivity index (χ0n) is 12.6. The Bertz CT molecular complexity index is 625. The van der Waals surface area contributed by atoms with Crippen LogP contribution in [0.5, 0.6) is 0 Å². The third-order valence-corrected chi connectivity index (χ3v) is 3.61. The van der Waals surface area contributed by atoms with Crippen molar-refractivity contribution in [3.8, 4) is 0 Å². The third kappa shape index (κ3) is 3.48. The fourth-order valence-electron chi connectivity index (χ4n) is 2.31. The fraction of sp³-hybridized carbons (Fsp3) is 0.200. The molecule has 3 rings (SSSR count). The largest absolute Gasteiger partial charge is 0.0622 e. The van der Waals surface area contributed by atoms with E-state index in [-0.39, 0.29) is 0 Å². The van der Waals surface area contributed by atoms with E-state index in [4.69, 9.17) is 0 Å². The highest BCUT2D eigenvalue weighted by Gasteiger charge is 1.97. The van der Waals surface area contributed by atoms with Crippen molar-refractivity contribution < 1.29 is 0 Å². The van der Waals surface area contributed by atoms with Gasteiger partial charge in [0.1, 0.15) is 0 Å². The van der Waals surface area contributed by atoms with Gasteiger partial charge in [0, 0.05) is 0 Å². The average molecular weight is 262 g/mol. The Balaban J connectivity index is 0.000000160. The van der Waals surface area contributed by atoms with Crippen molar-refractivity contribution in [2.45, 2.75) is 27.2 Å². The molecule has 0 heteroatoms. The first-order chi connectivity index (χ1) is 9.72. The Kier molecular flexibility index (Phi) is 4.95. The Morgan fingerprint density at radius 1 is 0.600 bits per heavy atom. The molecule has 0 heterocycles. The number of hydrogen-bond acceptors (Lipinski definition) is 0. The van der Waals surface area contributed by atoms with Crippen LogP contribution in [-0.2, 0) is 6.42 Å². The minimum atomic E-state index is 1.14. The Morgan fingerprint density at radius 2 is 1.05 bits per heavy atom. The summed E-state index contributed by atoms with van der Waals surface area (Å²) in [6.07, 6.45) is 1.14. The molecule has 0 radical (unpaired) electrons. The van der Waals surface area contributed by atoms with Gasteiger partial charge in [0.25, 0.3) is 0 Å². The highest BCUT2D eigenvalue weighted by Crippen LogP contribution is 2.20. The van der Waals surface area contributed by atoms with Gasteiger partial charge in [-0.05, 0) is 47.7 Å². The standard InChI is InChI=1S/C12H12.C8H10/c1-9-7-8-10(2)12-6-4-3-5-11(9)12;1-2-8-6-4-3-5-7-8/h3-8H,1-2H3;3-7H,2H2,1H3. The monoisotopic (exact) mass is 262 g/mol. The van der Waals surface area contributed by atoms with Crippen LogP contribution in [0, 0.1) is 13.8 Å². The molecule has 102 valence electrons. The van der Waals surface area contributed by atoms with Gasteiger partial charge in [-0.15, -0.1) is 0 Å². The van der Waals surface area contributed by atoms with Crippen molar-refractivity contribution >= 4 is 10.8 Å². The van der Waals surface area contributed by atoms with Crippen molar-refractivity contribution in [2.75, 3.05) is 0 Å². The lowest BCUT2D eigenvalue weighted by Crippen LogP contribution is -1.80. The van der Waals surface area contributed by atoms with E-state index in [1.54, 1.807) is 0 Å². The van der Waals surface area contributed by atoms with Gasteiger partial charge >= 0.3 is 0 Å². The predicted octanol–water partition coefficient (Wildman–Crippen LogP) is 5.71. The Labute approximate surface area is 122 Å². The molecule has 0 spiro atoms. The van der Waals surface area contributed by atoms with E-state index in [2.05, 4.69) is 81.4 Å². The molecule has 20 heavy (non-hydrogen) atoms. The van der Waals surface area contributed by atoms with Gasteiger partial charge < -0.3 is 0 Å². The van der Waals surface area contributed by atoms with Gasteiger partial charge in [-0.1, -0.05) is 73.7 Å². The quantitative estimate of drug-likeness (QED) is 0.527. The molecule has 0 atom stereocenters. The van der Waals surface area contributed by atoms with E-state index < -0.39 is 0 Å². The number of aryl methyl sites for hydroxylation is 3. The molecule has 0 aliphatic rings. The van der Waals surface area contributed by atoms with Gasteiger partial charge in [-0.2, -0.15) is 0 Å². The molecule has 3 aromatic rings. The first kappa shape index (κ1) is 14.3. The molecular formula is C20H22. The second kappa shape index (κ2) is 6.91. The first-order valence-electron chi connectivity index (χ1n) is 7.21. The highest BCUT2D eigenvalue weighted by molar-refractivity contribution is 5.88. The maximum absolute atomic E-state index is 2.18. The van der Waals surface area contributed by atoms with Gasteiger partial charge in [0.2, 0.25) is 0 Å². The number of benzene rings is 3. The summed E-state index contributed by atoms with van der Waals surface area (Å²) in [7, 11) is 0. The summed E-state index contributed by atoms with van der Waals surface area (Å²) >= 11 is 0. The third-order valence-electron chi connectivity index (χ3n) is 3.61. The minimum absolute atomic E-state index is 1.14. The zero-order valence-corrected chi connectivity index (χ0v) is 12.6. The van der Waals surface area contributed by atoms with Crippen LogP contribution in [0.4, 0.5) is 0 Å². The van der Waals surface area contributed by atoms with E-state index in [0.29, 0.717) is 0 Å². The summed E-state index contributed by atoms with van der Waals surface area (Å²) in [4.78, 5) is 0. The lowest BCUT2D eigenvalue weighted by Gasteiger charge is -2.03. The van der Waals surface area contributed by atoms with Crippen molar-refractivity contribution in [3.05, 3.63) is 83.4 Å². The normalized spacial score (nSPS) is 9.95. The molecule has 0 aliphatic carbocycles. The summed E-state index contributed by atoms with van der Waals surface area (Å²) in [6.45, 7) is 6.47. The molecule has 0 saturated carbocycles. The Hall–Kier alpha value is -2.08. The lowest BCUT2D eigenvalue weighted by atomic mass is 10.0. The maximum atomic E-state index is 2.18. The summed E-state index contributed by atoms with van der Waals surface area (Å²) in [6, 6.07) is 23.4. The van der Waals surface area contributed by atoms with Crippen LogP contribution in [0.15, 0.2) is 66.7 Å². The SMILES string of the molecule is CCc1ccccc1.Cc1ccc(C)c2ccccc12. The smallest absolute Gasteiger partial charge is 0.0152 e. The molecule has 0 aliphatic heterocycles.